The average Bonchev–Trinajstić information content (AvgIpc) is 2.91. The highest BCUT2D eigenvalue weighted by atomic mass is 16.5. The van der Waals surface area contributed by atoms with Gasteiger partial charge in [-0.05, 0) is 30.5 Å². The van der Waals surface area contributed by atoms with Gasteiger partial charge in [0.25, 0.3) is 0 Å². The van der Waals surface area contributed by atoms with Crippen molar-refractivity contribution in [3.8, 4) is 5.75 Å². The third kappa shape index (κ3) is 2.63. The van der Waals surface area contributed by atoms with E-state index in [1.54, 1.807) is 13.3 Å². The Hall–Kier alpha value is -2.30. The molecular weight excluding hydrogens is 268 g/mol. The van der Waals surface area contributed by atoms with Crippen molar-refractivity contribution in [2.24, 2.45) is 0 Å². The standard InChI is InChI=1S/C16H18N2O3/c1-21-12-6-4-11(5-7-12)9-15-17-10-14-13(16(19)20)3-2-8-18(14)15/h4-7,10,13H,2-3,8-9H2,1H3,(H,19,20). The number of ether oxygens (including phenoxy) is 1. The fourth-order valence-corrected chi connectivity index (χ4v) is 2.88. The van der Waals surface area contributed by atoms with Crippen LogP contribution in [0.4, 0.5) is 0 Å². The average molecular weight is 286 g/mol. The predicted molar refractivity (Wildman–Crippen MR) is 77.6 cm³/mol. The van der Waals surface area contributed by atoms with Gasteiger partial charge in [0.15, 0.2) is 0 Å². The molecule has 1 aromatic carbocycles. The van der Waals surface area contributed by atoms with E-state index in [0.717, 1.165) is 35.8 Å². The third-order valence-electron chi connectivity index (χ3n) is 4.02. The second-order valence-corrected chi connectivity index (χ2v) is 5.31. The van der Waals surface area contributed by atoms with Crippen molar-refractivity contribution in [3.05, 3.63) is 47.5 Å². The molecule has 1 aromatic heterocycles. The molecule has 1 unspecified atom stereocenters. The highest BCUT2D eigenvalue weighted by Gasteiger charge is 2.28. The van der Waals surface area contributed by atoms with Crippen molar-refractivity contribution in [1.29, 1.82) is 0 Å². The van der Waals surface area contributed by atoms with Gasteiger partial charge >= 0.3 is 5.97 Å². The van der Waals surface area contributed by atoms with Crippen molar-refractivity contribution < 1.29 is 14.6 Å². The summed E-state index contributed by atoms with van der Waals surface area (Å²) in [7, 11) is 1.64. The number of aliphatic carboxylic acids is 1. The summed E-state index contributed by atoms with van der Waals surface area (Å²) in [6, 6.07) is 7.88. The molecule has 110 valence electrons. The second-order valence-electron chi connectivity index (χ2n) is 5.31. The van der Waals surface area contributed by atoms with Crippen molar-refractivity contribution >= 4 is 5.97 Å². The Labute approximate surface area is 123 Å². The lowest BCUT2D eigenvalue weighted by molar-refractivity contribution is -0.139. The number of carbonyl (C=O) groups is 1. The van der Waals surface area contributed by atoms with Crippen LogP contribution in [0.1, 0.15) is 35.8 Å². The SMILES string of the molecule is COc1ccc(Cc2ncc3n2CCCC3C(=O)O)cc1. The topological polar surface area (TPSA) is 64.4 Å². The Morgan fingerprint density at radius 2 is 2.19 bits per heavy atom. The van der Waals surface area contributed by atoms with Crippen LogP contribution in [0.25, 0.3) is 0 Å². The molecule has 1 N–H and O–H groups in total. The first kappa shape index (κ1) is 13.7. The Morgan fingerprint density at radius 1 is 1.43 bits per heavy atom. The van der Waals surface area contributed by atoms with Crippen LogP contribution in [-0.4, -0.2) is 27.7 Å². The van der Waals surface area contributed by atoms with Crippen molar-refractivity contribution in [3.63, 3.8) is 0 Å². The molecule has 5 nitrogen and oxygen atoms in total. The number of methoxy groups -OCH3 is 1. The minimum absolute atomic E-state index is 0.420. The van der Waals surface area contributed by atoms with Gasteiger partial charge in [0.05, 0.1) is 18.7 Å². The zero-order chi connectivity index (χ0) is 14.8. The van der Waals surface area contributed by atoms with Gasteiger partial charge in [-0.25, -0.2) is 4.98 Å². The summed E-state index contributed by atoms with van der Waals surface area (Å²) in [4.78, 5) is 15.7. The smallest absolute Gasteiger partial charge is 0.312 e. The van der Waals surface area contributed by atoms with Gasteiger partial charge in [0.2, 0.25) is 0 Å². The van der Waals surface area contributed by atoms with Crippen LogP contribution in [0, 0.1) is 0 Å². The molecule has 5 heteroatoms. The van der Waals surface area contributed by atoms with Crippen molar-refractivity contribution in [2.45, 2.75) is 31.7 Å². The Kier molecular flexibility index (Phi) is 3.64. The quantitative estimate of drug-likeness (QED) is 0.937. The Morgan fingerprint density at radius 3 is 2.86 bits per heavy atom. The van der Waals surface area contributed by atoms with E-state index in [0.29, 0.717) is 12.8 Å². The van der Waals surface area contributed by atoms with Crippen LogP contribution in [0.3, 0.4) is 0 Å². The first-order valence-electron chi connectivity index (χ1n) is 7.09. The summed E-state index contributed by atoms with van der Waals surface area (Å²) in [6.45, 7) is 0.852. The monoisotopic (exact) mass is 286 g/mol. The van der Waals surface area contributed by atoms with Gasteiger partial charge in [-0.3, -0.25) is 4.79 Å². The van der Waals surface area contributed by atoms with Gasteiger partial charge < -0.3 is 14.4 Å². The molecule has 0 bridgehead atoms. The van der Waals surface area contributed by atoms with E-state index >= 15 is 0 Å². The number of fused-ring (bicyclic) bond motifs is 1. The molecule has 2 aromatic rings. The summed E-state index contributed by atoms with van der Waals surface area (Å²) in [6.07, 6.45) is 4.01. The predicted octanol–water partition coefficient (Wildman–Crippen LogP) is 2.44. The van der Waals surface area contributed by atoms with Crippen LogP contribution in [-0.2, 0) is 17.8 Å². The summed E-state index contributed by atoms with van der Waals surface area (Å²) in [5.41, 5.74) is 1.97. The number of rotatable bonds is 4. The van der Waals surface area contributed by atoms with Crippen LogP contribution in [0.2, 0.25) is 0 Å². The van der Waals surface area contributed by atoms with Crippen molar-refractivity contribution in [2.75, 3.05) is 7.11 Å². The minimum Gasteiger partial charge on any atom is -0.497 e. The summed E-state index contributed by atoms with van der Waals surface area (Å²) >= 11 is 0. The number of carboxylic acids is 1. The van der Waals surface area contributed by atoms with E-state index in [-0.39, 0.29) is 0 Å². The zero-order valence-corrected chi connectivity index (χ0v) is 12.0. The number of hydrogen-bond donors (Lipinski definition) is 1. The summed E-state index contributed by atoms with van der Waals surface area (Å²) in [5.74, 6) is 0.582. The minimum atomic E-state index is -0.758. The van der Waals surface area contributed by atoms with Crippen LogP contribution < -0.4 is 4.74 Å². The maximum Gasteiger partial charge on any atom is 0.312 e. The van der Waals surface area contributed by atoms with Gasteiger partial charge in [-0.2, -0.15) is 0 Å². The first-order chi connectivity index (χ1) is 10.2. The summed E-state index contributed by atoms with van der Waals surface area (Å²) < 4.78 is 7.21. The molecule has 2 heterocycles. The highest BCUT2D eigenvalue weighted by Crippen LogP contribution is 2.29. The van der Waals surface area contributed by atoms with Crippen molar-refractivity contribution in [1.82, 2.24) is 9.55 Å². The molecule has 1 aliphatic rings. The lowest BCUT2D eigenvalue weighted by Crippen LogP contribution is -2.22. The van der Waals surface area contributed by atoms with E-state index in [1.807, 2.05) is 24.3 Å². The van der Waals surface area contributed by atoms with E-state index in [1.165, 1.54) is 0 Å². The van der Waals surface area contributed by atoms with Gasteiger partial charge in [0.1, 0.15) is 11.6 Å². The fourth-order valence-electron chi connectivity index (χ4n) is 2.88. The third-order valence-corrected chi connectivity index (χ3v) is 4.02. The van der Waals surface area contributed by atoms with Crippen LogP contribution in [0.15, 0.2) is 30.5 Å². The number of carboxylic acid groups (broad SMARTS) is 1. The van der Waals surface area contributed by atoms with E-state index in [2.05, 4.69) is 9.55 Å². The first-order valence-corrected chi connectivity index (χ1v) is 7.09. The molecule has 0 saturated carbocycles. The maximum absolute atomic E-state index is 11.3. The van der Waals surface area contributed by atoms with E-state index < -0.39 is 11.9 Å². The van der Waals surface area contributed by atoms with Crippen LogP contribution >= 0.6 is 0 Å². The van der Waals surface area contributed by atoms with Gasteiger partial charge in [-0.15, -0.1) is 0 Å². The molecule has 1 aliphatic heterocycles. The summed E-state index contributed by atoms with van der Waals surface area (Å²) in [5, 5.41) is 9.29. The molecule has 1 atom stereocenters. The number of hydrogen-bond acceptors (Lipinski definition) is 3. The lowest BCUT2D eigenvalue weighted by atomic mass is 9.96. The number of benzene rings is 1. The molecule has 21 heavy (non-hydrogen) atoms. The molecular formula is C16H18N2O3. The Balaban J connectivity index is 1.85. The Bertz CT molecular complexity index is 646. The van der Waals surface area contributed by atoms with E-state index in [9.17, 15) is 9.90 Å². The van der Waals surface area contributed by atoms with E-state index in [4.69, 9.17) is 4.74 Å². The molecule has 3 rings (SSSR count). The molecule has 0 saturated heterocycles. The second kappa shape index (κ2) is 5.60. The highest BCUT2D eigenvalue weighted by molar-refractivity contribution is 5.75. The fraction of sp³-hybridized carbons (Fsp3) is 0.375. The lowest BCUT2D eigenvalue weighted by Gasteiger charge is -2.22. The van der Waals surface area contributed by atoms with Gasteiger partial charge in [0, 0.05) is 19.2 Å². The number of nitrogens with zero attached hydrogens (tertiary/aromatic N) is 2. The largest absolute Gasteiger partial charge is 0.497 e. The molecule has 0 amide bonds. The maximum atomic E-state index is 11.3. The zero-order valence-electron chi connectivity index (χ0n) is 12.0. The molecule has 0 spiro atoms. The molecule has 0 fully saturated rings. The van der Waals surface area contributed by atoms with Crippen LogP contribution in [0.5, 0.6) is 5.75 Å². The number of aromatic nitrogens is 2. The molecule has 0 radical (unpaired) electrons. The number of imidazole rings is 1. The molecule has 0 aliphatic carbocycles. The van der Waals surface area contributed by atoms with Gasteiger partial charge in [-0.1, -0.05) is 12.1 Å². The normalized spacial score (nSPS) is 17.3.